The van der Waals surface area contributed by atoms with Crippen molar-refractivity contribution in [2.75, 3.05) is 20.1 Å². The zero-order chi connectivity index (χ0) is 23.2. The molecule has 3 aromatic heterocycles. The molecule has 172 valence electrons. The quantitative estimate of drug-likeness (QED) is 0.375. The van der Waals surface area contributed by atoms with Crippen molar-refractivity contribution in [1.29, 1.82) is 0 Å². The number of H-pyrrole nitrogens is 1. The van der Waals surface area contributed by atoms with E-state index in [0.717, 1.165) is 36.5 Å². The number of thiazole rings is 1. The molecule has 0 aliphatic heterocycles. The molecule has 1 unspecified atom stereocenters. The van der Waals surface area contributed by atoms with Crippen LogP contribution in [0.5, 0.6) is 0 Å². The highest BCUT2D eigenvalue weighted by Gasteiger charge is 2.26. The monoisotopic (exact) mass is 464 g/mol. The fraction of sp³-hybridized carbons (Fsp3) is 0.333. The van der Waals surface area contributed by atoms with Crippen LogP contribution in [0.3, 0.4) is 0 Å². The zero-order valence-corrected chi connectivity index (χ0v) is 19.6. The maximum absolute atomic E-state index is 13.5. The van der Waals surface area contributed by atoms with Gasteiger partial charge in [0.1, 0.15) is 5.82 Å². The highest BCUT2D eigenvalue weighted by Crippen LogP contribution is 2.26. The molecule has 2 N–H and O–H groups in total. The first kappa shape index (κ1) is 23.0. The van der Waals surface area contributed by atoms with Crippen molar-refractivity contribution in [3.63, 3.8) is 0 Å². The Morgan fingerprint density at radius 2 is 1.97 bits per heavy atom. The third-order valence-corrected chi connectivity index (χ3v) is 6.40. The van der Waals surface area contributed by atoms with E-state index in [9.17, 15) is 9.59 Å². The van der Waals surface area contributed by atoms with Gasteiger partial charge in [0.15, 0.2) is 10.3 Å². The molecule has 0 fully saturated rings. The van der Waals surface area contributed by atoms with Gasteiger partial charge in [-0.25, -0.2) is 9.97 Å². The Morgan fingerprint density at radius 3 is 2.67 bits per heavy atom. The van der Waals surface area contributed by atoms with E-state index >= 15 is 0 Å². The number of likely N-dealkylation sites (N-methyl/N-ethyl adjacent to an activating group) is 1. The number of rotatable bonds is 10. The second-order valence-corrected chi connectivity index (χ2v) is 8.75. The first-order chi connectivity index (χ1) is 16.1. The third kappa shape index (κ3) is 5.27. The number of hydrogen-bond acceptors (Lipinski definition) is 7. The molecule has 33 heavy (non-hydrogen) atoms. The van der Waals surface area contributed by atoms with Crippen molar-refractivity contribution in [2.45, 2.75) is 32.5 Å². The third-order valence-electron chi connectivity index (χ3n) is 5.68. The van der Waals surface area contributed by atoms with Crippen LogP contribution in [0.4, 0.5) is 0 Å². The van der Waals surface area contributed by atoms with E-state index in [1.807, 2.05) is 43.4 Å². The molecule has 3 heterocycles. The van der Waals surface area contributed by atoms with Gasteiger partial charge in [-0.1, -0.05) is 43.3 Å². The fourth-order valence-corrected chi connectivity index (χ4v) is 4.67. The number of aromatic nitrogens is 4. The lowest BCUT2D eigenvalue weighted by atomic mass is 10.1. The minimum Gasteiger partial charge on any atom is -0.329 e. The van der Waals surface area contributed by atoms with Crippen LogP contribution in [0.1, 0.15) is 36.3 Å². The number of hydrogen-bond donors (Lipinski definition) is 2. The molecule has 0 saturated carbocycles. The molecule has 4 rings (SSSR count). The van der Waals surface area contributed by atoms with E-state index in [4.69, 9.17) is 4.98 Å². The summed E-state index contributed by atoms with van der Waals surface area (Å²) >= 11 is 1.39. The van der Waals surface area contributed by atoms with Crippen LogP contribution in [-0.2, 0) is 13.1 Å². The van der Waals surface area contributed by atoms with Gasteiger partial charge >= 0.3 is 0 Å². The normalized spacial score (nSPS) is 12.5. The van der Waals surface area contributed by atoms with E-state index in [0.29, 0.717) is 23.4 Å². The number of nitrogens with one attached hydrogen (secondary N) is 2. The average Bonchev–Trinajstić information content (AvgIpc) is 3.31. The Bertz CT molecular complexity index is 1290. The second-order valence-electron chi connectivity index (χ2n) is 7.91. The van der Waals surface area contributed by atoms with Gasteiger partial charge in [-0.2, -0.15) is 0 Å². The van der Waals surface area contributed by atoms with Crippen molar-refractivity contribution in [1.82, 2.24) is 29.7 Å². The standard InChI is InChI=1S/C24H28N6O2S/c1-3-19(29(12-11-25-2)14-18-9-10-20(31)26-13-18)22-28-23-21(27-16-33-23)24(32)30(22)15-17-7-5-4-6-8-17/h4-10,13,16,19,25H,3,11-12,14-15H2,1-2H3,(H,26,31). The second kappa shape index (κ2) is 10.7. The maximum Gasteiger partial charge on any atom is 0.281 e. The summed E-state index contributed by atoms with van der Waals surface area (Å²) in [5.74, 6) is 0.739. The summed E-state index contributed by atoms with van der Waals surface area (Å²) in [5, 5.41) is 3.22. The molecular weight excluding hydrogens is 436 g/mol. The van der Waals surface area contributed by atoms with Crippen LogP contribution < -0.4 is 16.4 Å². The van der Waals surface area contributed by atoms with Gasteiger partial charge in [0.25, 0.3) is 5.56 Å². The summed E-state index contributed by atoms with van der Waals surface area (Å²) in [6.07, 6.45) is 2.52. The SMILES string of the molecule is CCC(c1nc2scnc2c(=O)n1Cc1ccccc1)N(CCNC)Cc1ccc(=O)[nH]c1. The summed E-state index contributed by atoms with van der Waals surface area (Å²) in [4.78, 5) is 39.9. The fourth-order valence-electron chi connectivity index (χ4n) is 4.02. The maximum atomic E-state index is 13.5. The number of pyridine rings is 1. The van der Waals surface area contributed by atoms with Gasteiger partial charge in [-0.05, 0) is 24.6 Å². The molecule has 4 aromatic rings. The van der Waals surface area contributed by atoms with Crippen molar-refractivity contribution < 1.29 is 0 Å². The van der Waals surface area contributed by atoms with Gasteiger partial charge in [-0.15, -0.1) is 11.3 Å². The van der Waals surface area contributed by atoms with Crippen LogP contribution in [-0.4, -0.2) is 44.6 Å². The van der Waals surface area contributed by atoms with Gasteiger partial charge in [0.05, 0.1) is 18.1 Å². The first-order valence-electron chi connectivity index (χ1n) is 11.0. The van der Waals surface area contributed by atoms with Crippen molar-refractivity contribution in [2.24, 2.45) is 0 Å². The molecule has 0 amide bonds. The Labute approximate surface area is 196 Å². The molecule has 0 aliphatic carbocycles. The summed E-state index contributed by atoms with van der Waals surface area (Å²) in [7, 11) is 1.92. The lowest BCUT2D eigenvalue weighted by Crippen LogP contribution is -2.38. The Morgan fingerprint density at radius 1 is 1.15 bits per heavy atom. The lowest BCUT2D eigenvalue weighted by molar-refractivity contribution is 0.172. The van der Waals surface area contributed by atoms with E-state index in [2.05, 4.69) is 27.1 Å². The summed E-state index contributed by atoms with van der Waals surface area (Å²) in [6.45, 7) is 4.71. The minimum atomic E-state index is -0.124. The van der Waals surface area contributed by atoms with Crippen molar-refractivity contribution in [3.05, 3.63) is 91.8 Å². The van der Waals surface area contributed by atoms with E-state index in [-0.39, 0.29) is 17.2 Å². The molecule has 0 radical (unpaired) electrons. The smallest absolute Gasteiger partial charge is 0.281 e. The number of aromatic amines is 1. The van der Waals surface area contributed by atoms with E-state index in [1.165, 1.54) is 11.3 Å². The van der Waals surface area contributed by atoms with Gasteiger partial charge < -0.3 is 10.3 Å². The lowest BCUT2D eigenvalue weighted by Gasteiger charge is -2.32. The van der Waals surface area contributed by atoms with Crippen molar-refractivity contribution >= 4 is 21.7 Å². The highest BCUT2D eigenvalue weighted by atomic mass is 32.1. The van der Waals surface area contributed by atoms with Crippen LogP contribution >= 0.6 is 11.3 Å². The summed E-state index contributed by atoms with van der Waals surface area (Å²) in [5.41, 5.74) is 3.89. The Kier molecular flexibility index (Phi) is 7.43. The topological polar surface area (TPSA) is 95.9 Å². The molecular formula is C24H28N6O2S. The molecule has 8 nitrogen and oxygen atoms in total. The molecule has 0 aliphatic rings. The van der Waals surface area contributed by atoms with Gasteiger partial charge in [0.2, 0.25) is 5.56 Å². The minimum absolute atomic E-state index is 0.0896. The number of fused-ring (bicyclic) bond motifs is 1. The Balaban J connectivity index is 1.79. The van der Waals surface area contributed by atoms with Gasteiger partial charge in [-0.3, -0.25) is 19.1 Å². The largest absolute Gasteiger partial charge is 0.329 e. The molecule has 1 aromatic carbocycles. The predicted molar refractivity (Wildman–Crippen MR) is 132 cm³/mol. The van der Waals surface area contributed by atoms with Crippen LogP contribution in [0, 0.1) is 0 Å². The van der Waals surface area contributed by atoms with Gasteiger partial charge in [0, 0.05) is 31.9 Å². The predicted octanol–water partition coefficient (Wildman–Crippen LogP) is 2.76. The van der Waals surface area contributed by atoms with Crippen molar-refractivity contribution in [3.8, 4) is 0 Å². The Hall–Kier alpha value is -3.14. The highest BCUT2D eigenvalue weighted by molar-refractivity contribution is 7.16. The summed E-state index contributed by atoms with van der Waals surface area (Å²) in [6, 6.07) is 13.2. The molecule has 0 saturated heterocycles. The van der Waals surface area contributed by atoms with E-state index < -0.39 is 0 Å². The number of nitrogens with zero attached hydrogens (tertiary/aromatic N) is 4. The first-order valence-corrected chi connectivity index (χ1v) is 11.9. The van der Waals surface area contributed by atoms with Crippen LogP contribution in [0.15, 0.2) is 63.8 Å². The van der Waals surface area contributed by atoms with E-state index in [1.54, 1.807) is 22.3 Å². The molecule has 9 heteroatoms. The molecule has 0 bridgehead atoms. The summed E-state index contributed by atoms with van der Waals surface area (Å²) < 4.78 is 1.77. The van der Waals surface area contributed by atoms with Crippen LogP contribution in [0.2, 0.25) is 0 Å². The molecule has 0 spiro atoms. The number of benzene rings is 1. The molecule has 1 atom stereocenters. The zero-order valence-electron chi connectivity index (χ0n) is 18.8. The van der Waals surface area contributed by atoms with Crippen LogP contribution in [0.25, 0.3) is 10.3 Å². The average molecular weight is 465 g/mol.